The minimum atomic E-state index is -0.770. The van der Waals surface area contributed by atoms with Crippen molar-refractivity contribution in [2.75, 3.05) is 20.1 Å². The van der Waals surface area contributed by atoms with Gasteiger partial charge in [-0.05, 0) is 45.6 Å². The van der Waals surface area contributed by atoms with Crippen LogP contribution < -0.4 is 10.6 Å². The number of nitriles is 1. The molecule has 2 saturated carbocycles. The molecule has 0 unspecified atom stereocenters. The zero-order valence-corrected chi connectivity index (χ0v) is 12.1. The van der Waals surface area contributed by atoms with E-state index in [4.69, 9.17) is 0 Å². The van der Waals surface area contributed by atoms with Crippen LogP contribution in [0.25, 0.3) is 0 Å². The number of carbonyl (C=O) groups is 2. The van der Waals surface area contributed by atoms with Gasteiger partial charge in [0.1, 0.15) is 5.54 Å². The summed E-state index contributed by atoms with van der Waals surface area (Å²) in [6, 6.07) is 2.52. The molecule has 0 heterocycles. The Balaban J connectivity index is 1.72. The van der Waals surface area contributed by atoms with Crippen molar-refractivity contribution in [3.05, 3.63) is 0 Å². The zero-order valence-electron chi connectivity index (χ0n) is 12.1. The maximum atomic E-state index is 11.9. The van der Waals surface area contributed by atoms with Gasteiger partial charge in [-0.15, -0.1) is 0 Å². The van der Waals surface area contributed by atoms with Crippen LogP contribution in [0.1, 0.15) is 32.6 Å². The average Bonchev–Trinajstić information content (AvgIpc) is 3.21. The number of rotatable bonds is 7. The van der Waals surface area contributed by atoms with Crippen molar-refractivity contribution in [1.29, 1.82) is 5.26 Å². The van der Waals surface area contributed by atoms with E-state index in [1.165, 1.54) is 0 Å². The monoisotopic (exact) mass is 278 g/mol. The molecular weight excluding hydrogens is 256 g/mol. The first kappa shape index (κ1) is 14.8. The Kier molecular flexibility index (Phi) is 4.29. The average molecular weight is 278 g/mol. The molecule has 1 atom stereocenters. The van der Waals surface area contributed by atoms with E-state index in [2.05, 4.69) is 16.7 Å². The molecule has 0 aromatic heterocycles. The van der Waals surface area contributed by atoms with Crippen molar-refractivity contribution in [1.82, 2.24) is 15.5 Å². The van der Waals surface area contributed by atoms with Crippen LogP contribution >= 0.6 is 0 Å². The smallest absolute Gasteiger partial charge is 0.235 e. The lowest BCUT2D eigenvalue weighted by Gasteiger charge is -2.24. The van der Waals surface area contributed by atoms with Gasteiger partial charge in [0, 0.05) is 6.04 Å². The van der Waals surface area contributed by atoms with Gasteiger partial charge in [0.15, 0.2) is 0 Å². The van der Waals surface area contributed by atoms with Gasteiger partial charge in [-0.1, -0.05) is 0 Å². The summed E-state index contributed by atoms with van der Waals surface area (Å²) in [5.74, 6) is 0.00984. The summed E-state index contributed by atoms with van der Waals surface area (Å²) in [5.41, 5.74) is -0.770. The quantitative estimate of drug-likeness (QED) is 0.687. The second kappa shape index (κ2) is 5.80. The maximum Gasteiger partial charge on any atom is 0.235 e. The molecule has 0 aromatic rings. The van der Waals surface area contributed by atoms with Gasteiger partial charge >= 0.3 is 0 Å². The van der Waals surface area contributed by atoms with Gasteiger partial charge < -0.3 is 10.6 Å². The van der Waals surface area contributed by atoms with E-state index in [1.54, 1.807) is 18.9 Å². The molecule has 0 radical (unpaired) electrons. The lowest BCUT2D eigenvalue weighted by Crippen LogP contribution is -2.50. The van der Waals surface area contributed by atoms with Crippen LogP contribution in [0.3, 0.4) is 0 Å². The molecule has 2 aliphatic rings. The van der Waals surface area contributed by atoms with Crippen LogP contribution in [0, 0.1) is 17.2 Å². The summed E-state index contributed by atoms with van der Waals surface area (Å²) in [7, 11) is 1.73. The topological polar surface area (TPSA) is 85.2 Å². The maximum absolute atomic E-state index is 11.9. The Morgan fingerprint density at radius 3 is 2.35 bits per heavy atom. The summed E-state index contributed by atoms with van der Waals surface area (Å²) >= 11 is 0. The summed E-state index contributed by atoms with van der Waals surface area (Å²) in [6.45, 7) is 2.10. The Morgan fingerprint density at radius 2 is 1.85 bits per heavy atom. The molecule has 0 aromatic carbocycles. The van der Waals surface area contributed by atoms with Crippen LogP contribution in [0.5, 0.6) is 0 Å². The molecule has 0 saturated heterocycles. The fourth-order valence-corrected chi connectivity index (χ4v) is 2.26. The van der Waals surface area contributed by atoms with Crippen molar-refractivity contribution >= 4 is 11.8 Å². The number of amides is 2. The molecule has 6 nitrogen and oxygen atoms in total. The molecule has 6 heteroatoms. The van der Waals surface area contributed by atoms with Crippen molar-refractivity contribution in [3.63, 3.8) is 0 Å². The van der Waals surface area contributed by atoms with Crippen LogP contribution in [0.4, 0.5) is 0 Å². The molecule has 2 aliphatic carbocycles. The van der Waals surface area contributed by atoms with Gasteiger partial charge in [0.05, 0.1) is 19.2 Å². The van der Waals surface area contributed by atoms with E-state index in [9.17, 15) is 14.9 Å². The lowest BCUT2D eigenvalue weighted by molar-refractivity contribution is -0.125. The fraction of sp³-hybridized carbons (Fsp3) is 0.786. The summed E-state index contributed by atoms with van der Waals surface area (Å²) < 4.78 is 0. The number of hydrogen-bond donors (Lipinski definition) is 2. The molecule has 2 amide bonds. The van der Waals surface area contributed by atoms with Crippen molar-refractivity contribution in [3.8, 4) is 6.07 Å². The highest BCUT2D eigenvalue weighted by molar-refractivity contribution is 5.82. The SMILES string of the molecule is CN(CC(=O)NC1CC1)CC(=O)N[C@](C)(C#N)C1CC1. The largest absolute Gasteiger partial charge is 0.352 e. The second-order valence-corrected chi connectivity index (χ2v) is 6.15. The zero-order chi connectivity index (χ0) is 14.8. The Hall–Kier alpha value is -1.61. The van der Waals surface area contributed by atoms with Crippen molar-refractivity contribution in [2.45, 2.75) is 44.2 Å². The van der Waals surface area contributed by atoms with Gasteiger partial charge in [-0.2, -0.15) is 5.26 Å². The summed E-state index contributed by atoms with van der Waals surface area (Å²) in [4.78, 5) is 25.2. The van der Waals surface area contributed by atoms with E-state index >= 15 is 0 Å². The Morgan fingerprint density at radius 1 is 1.25 bits per heavy atom. The van der Waals surface area contributed by atoms with E-state index in [-0.39, 0.29) is 30.8 Å². The second-order valence-electron chi connectivity index (χ2n) is 6.15. The highest BCUT2D eigenvalue weighted by Gasteiger charge is 2.43. The molecule has 2 rings (SSSR count). The number of nitrogens with zero attached hydrogens (tertiary/aromatic N) is 2. The van der Waals surface area contributed by atoms with Crippen LogP contribution in [0.2, 0.25) is 0 Å². The van der Waals surface area contributed by atoms with Crippen LogP contribution in [0.15, 0.2) is 0 Å². The standard InChI is InChI=1S/C14H22N4O2/c1-14(9-15,10-3-4-10)17-13(20)8-18(2)7-12(19)16-11-5-6-11/h10-11H,3-8H2,1-2H3,(H,16,19)(H,17,20)/t14-/m1/s1. The Labute approximate surface area is 119 Å². The lowest BCUT2D eigenvalue weighted by atomic mass is 9.98. The number of nitrogens with one attached hydrogen (secondary N) is 2. The molecule has 0 spiro atoms. The third-order valence-electron chi connectivity index (χ3n) is 3.79. The molecule has 110 valence electrons. The first-order valence-corrected chi connectivity index (χ1v) is 7.13. The van der Waals surface area contributed by atoms with Crippen molar-refractivity contribution in [2.24, 2.45) is 5.92 Å². The predicted octanol–water partition coefficient (Wildman–Crippen LogP) is 0.00528. The minimum absolute atomic E-state index is 0.0481. The molecule has 2 fully saturated rings. The van der Waals surface area contributed by atoms with Gasteiger partial charge in [-0.25, -0.2) is 0 Å². The molecule has 2 N–H and O–H groups in total. The molecular formula is C14H22N4O2. The summed E-state index contributed by atoms with van der Waals surface area (Å²) in [6.07, 6.45) is 4.09. The third-order valence-corrected chi connectivity index (χ3v) is 3.79. The van der Waals surface area contributed by atoms with Crippen LogP contribution in [-0.2, 0) is 9.59 Å². The number of hydrogen-bond acceptors (Lipinski definition) is 4. The van der Waals surface area contributed by atoms with Gasteiger partial charge in [0.2, 0.25) is 11.8 Å². The molecule has 0 aliphatic heterocycles. The van der Waals surface area contributed by atoms with Crippen molar-refractivity contribution < 1.29 is 9.59 Å². The number of carbonyl (C=O) groups excluding carboxylic acids is 2. The highest BCUT2D eigenvalue weighted by Crippen LogP contribution is 2.39. The highest BCUT2D eigenvalue weighted by atomic mass is 16.2. The summed E-state index contributed by atoms with van der Waals surface area (Å²) in [5, 5.41) is 14.9. The number of likely N-dealkylation sites (N-methyl/N-ethyl adjacent to an activating group) is 1. The van der Waals surface area contributed by atoms with Gasteiger partial charge in [-0.3, -0.25) is 14.5 Å². The van der Waals surface area contributed by atoms with Gasteiger partial charge in [0.25, 0.3) is 0 Å². The first-order valence-electron chi connectivity index (χ1n) is 7.13. The molecule has 0 bridgehead atoms. The van der Waals surface area contributed by atoms with Crippen LogP contribution in [-0.4, -0.2) is 48.4 Å². The van der Waals surface area contributed by atoms with E-state index in [0.717, 1.165) is 25.7 Å². The van der Waals surface area contributed by atoms with E-state index in [0.29, 0.717) is 6.04 Å². The Bertz CT molecular complexity index is 437. The van der Waals surface area contributed by atoms with E-state index in [1.807, 2.05) is 0 Å². The minimum Gasteiger partial charge on any atom is -0.352 e. The fourth-order valence-electron chi connectivity index (χ4n) is 2.26. The molecule has 20 heavy (non-hydrogen) atoms. The van der Waals surface area contributed by atoms with E-state index < -0.39 is 5.54 Å². The predicted molar refractivity (Wildman–Crippen MR) is 73.5 cm³/mol. The normalized spacial score (nSPS) is 20.9. The first-order chi connectivity index (χ1) is 9.43. The third kappa shape index (κ3) is 4.20.